The van der Waals surface area contributed by atoms with Crippen molar-refractivity contribution < 1.29 is 0 Å². The normalized spacial score (nSPS) is 11.0. The number of halogens is 2. The fourth-order valence-corrected chi connectivity index (χ4v) is 2.11. The molecule has 19 heavy (non-hydrogen) atoms. The Morgan fingerprint density at radius 2 is 2.05 bits per heavy atom. The molecule has 0 bridgehead atoms. The molecule has 0 fully saturated rings. The molecule has 4 nitrogen and oxygen atoms in total. The van der Waals surface area contributed by atoms with Gasteiger partial charge in [-0.15, -0.1) is 0 Å². The van der Waals surface area contributed by atoms with Gasteiger partial charge in [-0.25, -0.2) is 9.67 Å². The van der Waals surface area contributed by atoms with Crippen molar-refractivity contribution in [1.29, 1.82) is 0 Å². The SMILES string of the molecule is CCNCc1cc(-n2nc(C)c(Cl)c2C)ncc1Cl. The van der Waals surface area contributed by atoms with Crippen molar-refractivity contribution in [2.24, 2.45) is 0 Å². The molecule has 2 rings (SSSR count). The summed E-state index contributed by atoms with van der Waals surface area (Å²) in [6.45, 7) is 7.44. The van der Waals surface area contributed by atoms with E-state index in [1.165, 1.54) is 0 Å². The first-order valence-electron chi connectivity index (χ1n) is 6.11. The number of hydrogen-bond donors (Lipinski definition) is 1. The van der Waals surface area contributed by atoms with E-state index in [2.05, 4.69) is 22.3 Å². The Balaban J connectivity index is 2.42. The first kappa shape index (κ1) is 14.3. The first-order valence-corrected chi connectivity index (χ1v) is 6.87. The molecule has 0 atom stereocenters. The van der Waals surface area contributed by atoms with Gasteiger partial charge >= 0.3 is 0 Å². The van der Waals surface area contributed by atoms with Gasteiger partial charge in [-0.1, -0.05) is 30.1 Å². The largest absolute Gasteiger partial charge is 0.313 e. The van der Waals surface area contributed by atoms with Crippen LogP contribution in [-0.2, 0) is 6.54 Å². The molecule has 2 heterocycles. The highest BCUT2D eigenvalue weighted by molar-refractivity contribution is 6.32. The number of rotatable bonds is 4. The van der Waals surface area contributed by atoms with Crippen molar-refractivity contribution in [2.45, 2.75) is 27.3 Å². The van der Waals surface area contributed by atoms with Gasteiger partial charge in [-0.05, 0) is 32.0 Å². The number of aryl methyl sites for hydroxylation is 1. The van der Waals surface area contributed by atoms with Gasteiger partial charge < -0.3 is 5.32 Å². The standard InChI is InChI=1S/C13H16Cl2N4/c1-4-16-6-10-5-12(17-7-11(10)14)19-9(3)13(15)8(2)18-19/h5,7,16H,4,6H2,1-3H3. The number of pyridine rings is 1. The number of nitrogens with zero attached hydrogens (tertiary/aromatic N) is 3. The van der Waals surface area contributed by atoms with Gasteiger partial charge in [0.05, 0.1) is 21.4 Å². The number of nitrogens with one attached hydrogen (secondary N) is 1. The maximum Gasteiger partial charge on any atom is 0.154 e. The van der Waals surface area contributed by atoms with E-state index in [1.54, 1.807) is 10.9 Å². The summed E-state index contributed by atoms with van der Waals surface area (Å²) in [5, 5.41) is 8.96. The highest BCUT2D eigenvalue weighted by Gasteiger charge is 2.12. The zero-order chi connectivity index (χ0) is 14.0. The van der Waals surface area contributed by atoms with Crippen LogP contribution >= 0.6 is 23.2 Å². The summed E-state index contributed by atoms with van der Waals surface area (Å²) >= 11 is 12.3. The maximum atomic E-state index is 6.15. The maximum absolute atomic E-state index is 6.15. The Morgan fingerprint density at radius 1 is 1.32 bits per heavy atom. The van der Waals surface area contributed by atoms with Crippen LogP contribution in [0.2, 0.25) is 10.0 Å². The Bertz CT molecular complexity index is 593. The minimum absolute atomic E-state index is 0.650. The fourth-order valence-electron chi connectivity index (χ4n) is 1.83. The van der Waals surface area contributed by atoms with E-state index in [0.717, 1.165) is 29.3 Å². The Hall–Kier alpha value is -1.10. The van der Waals surface area contributed by atoms with Crippen molar-refractivity contribution in [3.05, 3.63) is 39.3 Å². The van der Waals surface area contributed by atoms with Gasteiger partial charge in [0.15, 0.2) is 5.82 Å². The lowest BCUT2D eigenvalue weighted by Crippen LogP contribution is -2.13. The zero-order valence-corrected chi connectivity index (χ0v) is 12.7. The molecule has 0 saturated heterocycles. The minimum Gasteiger partial charge on any atom is -0.313 e. The summed E-state index contributed by atoms with van der Waals surface area (Å²) in [6.07, 6.45) is 1.65. The summed E-state index contributed by atoms with van der Waals surface area (Å²) in [4.78, 5) is 4.31. The van der Waals surface area contributed by atoms with E-state index in [9.17, 15) is 0 Å². The van der Waals surface area contributed by atoms with Crippen LogP contribution in [0.25, 0.3) is 5.82 Å². The number of hydrogen-bond acceptors (Lipinski definition) is 3. The van der Waals surface area contributed by atoms with Gasteiger partial charge in [-0.2, -0.15) is 5.10 Å². The van der Waals surface area contributed by atoms with Crippen LogP contribution in [0.4, 0.5) is 0 Å². The second kappa shape index (κ2) is 5.90. The summed E-state index contributed by atoms with van der Waals surface area (Å²) in [5.74, 6) is 0.727. The van der Waals surface area contributed by atoms with Crippen LogP contribution < -0.4 is 5.32 Å². The van der Waals surface area contributed by atoms with Gasteiger partial charge in [0.1, 0.15) is 0 Å². The van der Waals surface area contributed by atoms with Crippen LogP contribution in [-0.4, -0.2) is 21.3 Å². The predicted octanol–water partition coefficient (Wildman–Crippen LogP) is 3.30. The van der Waals surface area contributed by atoms with Crippen molar-refractivity contribution in [1.82, 2.24) is 20.1 Å². The minimum atomic E-state index is 0.650. The Morgan fingerprint density at radius 3 is 2.63 bits per heavy atom. The zero-order valence-electron chi connectivity index (χ0n) is 11.2. The van der Waals surface area contributed by atoms with Crippen molar-refractivity contribution >= 4 is 23.2 Å². The number of aromatic nitrogens is 3. The van der Waals surface area contributed by atoms with Crippen molar-refractivity contribution in [3.63, 3.8) is 0 Å². The molecule has 2 aromatic heterocycles. The van der Waals surface area contributed by atoms with Crippen LogP contribution in [0.5, 0.6) is 0 Å². The summed E-state index contributed by atoms with van der Waals surface area (Å²) in [6, 6.07) is 1.93. The third kappa shape index (κ3) is 2.91. The molecule has 1 N–H and O–H groups in total. The molecule has 102 valence electrons. The first-order chi connectivity index (χ1) is 9.04. The highest BCUT2D eigenvalue weighted by Crippen LogP contribution is 2.23. The monoisotopic (exact) mass is 298 g/mol. The molecule has 2 aromatic rings. The summed E-state index contributed by atoms with van der Waals surface area (Å²) in [5.41, 5.74) is 2.67. The lowest BCUT2D eigenvalue weighted by molar-refractivity contribution is 0.722. The predicted molar refractivity (Wildman–Crippen MR) is 78.2 cm³/mol. The Labute approximate surface area is 122 Å². The molecule has 0 radical (unpaired) electrons. The average Bonchev–Trinajstić information content (AvgIpc) is 2.66. The van der Waals surface area contributed by atoms with Gasteiger partial charge in [0.2, 0.25) is 0 Å². The quantitative estimate of drug-likeness (QED) is 0.942. The van der Waals surface area contributed by atoms with Gasteiger partial charge in [0.25, 0.3) is 0 Å². The summed E-state index contributed by atoms with van der Waals surface area (Å²) < 4.78 is 1.74. The molecule has 6 heteroatoms. The second-order valence-corrected chi connectivity index (χ2v) is 5.10. The molecule has 0 aliphatic carbocycles. The Kier molecular flexibility index (Phi) is 4.45. The van der Waals surface area contributed by atoms with E-state index in [4.69, 9.17) is 23.2 Å². The highest BCUT2D eigenvalue weighted by atomic mass is 35.5. The average molecular weight is 299 g/mol. The van der Waals surface area contributed by atoms with Crippen molar-refractivity contribution in [2.75, 3.05) is 6.54 Å². The molecule has 0 aliphatic heterocycles. The molecule has 0 amide bonds. The van der Waals surface area contributed by atoms with Gasteiger partial charge in [-0.3, -0.25) is 0 Å². The van der Waals surface area contributed by atoms with E-state index in [1.807, 2.05) is 19.9 Å². The van der Waals surface area contributed by atoms with Crippen LogP contribution in [0.15, 0.2) is 12.3 Å². The second-order valence-electron chi connectivity index (χ2n) is 4.31. The summed E-state index contributed by atoms with van der Waals surface area (Å²) in [7, 11) is 0. The van der Waals surface area contributed by atoms with Crippen LogP contribution in [0, 0.1) is 13.8 Å². The lowest BCUT2D eigenvalue weighted by Gasteiger charge is -2.08. The van der Waals surface area contributed by atoms with E-state index < -0.39 is 0 Å². The molecule has 0 spiro atoms. The fraction of sp³-hybridized carbons (Fsp3) is 0.385. The third-order valence-electron chi connectivity index (χ3n) is 2.91. The molecular weight excluding hydrogens is 283 g/mol. The molecule has 0 unspecified atom stereocenters. The van der Waals surface area contributed by atoms with Crippen LogP contribution in [0.1, 0.15) is 23.9 Å². The van der Waals surface area contributed by atoms with Crippen LogP contribution in [0.3, 0.4) is 0 Å². The molecule has 0 aromatic carbocycles. The smallest absolute Gasteiger partial charge is 0.154 e. The van der Waals surface area contributed by atoms with E-state index >= 15 is 0 Å². The lowest BCUT2D eigenvalue weighted by atomic mass is 10.2. The van der Waals surface area contributed by atoms with E-state index in [-0.39, 0.29) is 0 Å². The molecule has 0 saturated carbocycles. The molecular formula is C13H16Cl2N4. The van der Waals surface area contributed by atoms with Gasteiger partial charge in [0, 0.05) is 12.7 Å². The topological polar surface area (TPSA) is 42.7 Å². The third-order valence-corrected chi connectivity index (χ3v) is 3.79. The molecule has 0 aliphatic rings. The van der Waals surface area contributed by atoms with Crippen molar-refractivity contribution in [3.8, 4) is 5.82 Å². The van der Waals surface area contributed by atoms with E-state index in [0.29, 0.717) is 16.6 Å².